The van der Waals surface area contributed by atoms with E-state index in [9.17, 15) is 15.3 Å². The van der Waals surface area contributed by atoms with Crippen LogP contribution in [-0.4, -0.2) is 25.2 Å². The summed E-state index contributed by atoms with van der Waals surface area (Å²) in [4.78, 5) is 0. The van der Waals surface area contributed by atoms with Gasteiger partial charge in [0.2, 0.25) is 0 Å². The second kappa shape index (κ2) is 9.23. The minimum atomic E-state index is -2.85. The van der Waals surface area contributed by atoms with Crippen LogP contribution in [0.3, 0.4) is 0 Å². The number of nitriles is 1. The molecule has 5 heteroatoms. The minimum absolute atomic E-state index is 0.169. The largest absolute Gasteiger partial charge is 0.451 e. The lowest BCUT2D eigenvalue weighted by Crippen LogP contribution is -2.73. The third kappa shape index (κ3) is 3.80. The van der Waals surface area contributed by atoms with Gasteiger partial charge < -0.3 is 10.0 Å². The molecule has 0 aliphatic rings. The summed E-state index contributed by atoms with van der Waals surface area (Å²) < 4.78 is 0. The van der Waals surface area contributed by atoms with E-state index in [1.807, 2.05) is 61.5 Å². The molecule has 0 saturated heterocycles. The summed E-state index contributed by atoms with van der Waals surface area (Å²) in [5.41, 5.74) is 0. The van der Waals surface area contributed by atoms with Crippen LogP contribution < -0.4 is 15.6 Å². The molecular formula is C24H26BNO2Si. The molecule has 146 valence electrons. The first-order valence-corrected chi connectivity index (χ1v) is 12.0. The van der Waals surface area contributed by atoms with E-state index in [-0.39, 0.29) is 6.32 Å². The van der Waals surface area contributed by atoms with Crippen LogP contribution in [0.15, 0.2) is 91.0 Å². The monoisotopic (exact) mass is 399 g/mol. The quantitative estimate of drug-likeness (QED) is 0.452. The number of benzene rings is 3. The normalized spacial score (nSPS) is 13.3. The summed E-state index contributed by atoms with van der Waals surface area (Å²) in [7, 11) is -4.28. The van der Waals surface area contributed by atoms with E-state index in [1.165, 1.54) is 0 Å². The molecule has 3 aromatic rings. The highest BCUT2D eigenvalue weighted by Gasteiger charge is 2.56. The van der Waals surface area contributed by atoms with Gasteiger partial charge in [-0.2, -0.15) is 5.26 Å². The summed E-state index contributed by atoms with van der Waals surface area (Å²) in [5, 5.41) is 32.7. The summed E-state index contributed by atoms with van der Waals surface area (Å²) in [5.74, 6) is 0. The van der Waals surface area contributed by atoms with Crippen LogP contribution in [0.25, 0.3) is 0 Å². The molecule has 0 saturated carbocycles. The SMILES string of the molecule is CCC(C#N)(CCB(O)O)[Si](c1ccccc1)(c1ccccc1)c1ccccc1. The predicted molar refractivity (Wildman–Crippen MR) is 122 cm³/mol. The van der Waals surface area contributed by atoms with Crippen LogP contribution in [-0.2, 0) is 0 Å². The maximum atomic E-state index is 10.6. The van der Waals surface area contributed by atoms with E-state index in [2.05, 4.69) is 42.5 Å². The van der Waals surface area contributed by atoms with Gasteiger partial charge in [-0.15, -0.1) is 0 Å². The second-order valence-electron chi connectivity index (χ2n) is 7.41. The number of hydrogen-bond acceptors (Lipinski definition) is 3. The highest BCUT2D eigenvalue weighted by Crippen LogP contribution is 2.45. The molecule has 29 heavy (non-hydrogen) atoms. The molecule has 1 atom stereocenters. The maximum Gasteiger partial charge on any atom is 0.451 e. The summed E-state index contributed by atoms with van der Waals surface area (Å²) in [6, 6.07) is 33.6. The van der Waals surface area contributed by atoms with Crippen molar-refractivity contribution in [1.82, 2.24) is 0 Å². The first kappa shape index (κ1) is 21.1. The molecule has 0 amide bonds. The van der Waals surface area contributed by atoms with Crippen LogP contribution in [0.2, 0.25) is 11.4 Å². The standard InChI is InChI=1S/C24H26BNO2Si/c1-2-24(20-26,18-19-25(27)28)29(21-12-6-3-7-13-21,22-14-8-4-9-15-22)23-16-10-5-11-17-23/h3-17,27-28H,2,18-19H2,1H3. The Morgan fingerprint density at radius 1 is 0.793 bits per heavy atom. The third-order valence-corrected chi connectivity index (χ3v) is 11.7. The minimum Gasteiger partial charge on any atom is -0.427 e. The van der Waals surface area contributed by atoms with E-state index in [1.54, 1.807) is 0 Å². The maximum absolute atomic E-state index is 10.6. The van der Waals surface area contributed by atoms with Gasteiger partial charge in [0.05, 0.1) is 11.1 Å². The van der Waals surface area contributed by atoms with Gasteiger partial charge in [-0.25, -0.2) is 0 Å². The van der Waals surface area contributed by atoms with Gasteiger partial charge >= 0.3 is 7.12 Å². The molecule has 0 aliphatic carbocycles. The first-order chi connectivity index (χ1) is 14.1. The van der Waals surface area contributed by atoms with Crippen molar-refractivity contribution in [2.24, 2.45) is 0 Å². The predicted octanol–water partition coefficient (Wildman–Crippen LogP) is 2.69. The molecule has 0 fully saturated rings. The van der Waals surface area contributed by atoms with Crippen molar-refractivity contribution in [3.63, 3.8) is 0 Å². The van der Waals surface area contributed by atoms with Crippen molar-refractivity contribution < 1.29 is 10.0 Å². The number of nitrogens with zero attached hydrogens (tertiary/aromatic N) is 1. The second-order valence-corrected chi connectivity index (χ2v) is 11.6. The fourth-order valence-electron chi connectivity index (χ4n) is 4.62. The lowest BCUT2D eigenvalue weighted by Gasteiger charge is -2.46. The highest BCUT2D eigenvalue weighted by atomic mass is 28.3. The van der Waals surface area contributed by atoms with Gasteiger partial charge in [0.15, 0.2) is 8.07 Å². The lowest BCUT2D eigenvalue weighted by atomic mass is 9.80. The molecule has 3 rings (SSSR count). The molecule has 0 spiro atoms. The van der Waals surface area contributed by atoms with Crippen molar-refractivity contribution in [1.29, 1.82) is 5.26 Å². The van der Waals surface area contributed by atoms with Gasteiger partial charge in [0, 0.05) is 0 Å². The summed E-state index contributed by atoms with van der Waals surface area (Å²) >= 11 is 0. The molecule has 0 aromatic heterocycles. The summed E-state index contributed by atoms with van der Waals surface area (Å²) in [6.07, 6.45) is 1.21. The van der Waals surface area contributed by atoms with E-state index < -0.39 is 20.2 Å². The average Bonchev–Trinajstić information content (AvgIpc) is 2.78. The van der Waals surface area contributed by atoms with E-state index in [0.29, 0.717) is 12.8 Å². The number of rotatable bonds is 8. The van der Waals surface area contributed by atoms with E-state index in [0.717, 1.165) is 15.6 Å². The van der Waals surface area contributed by atoms with Crippen molar-refractivity contribution in [3.05, 3.63) is 91.0 Å². The fourth-order valence-corrected chi connectivity index (χ4v) is 10.6. The smallest absolute Gasteiger partial charge is 0.427 e. The Balaban J connectivity index is 2.43. The van der Waals surface area contributed by atoms with Crippen LogP contribution in [0, 0.1) is 11.3 Å². The molecule has 0 bridgehead atoms. The zero-order valence-electron chi connectivity index (χ0n) is 16.7. The third-order valence-electron chi connectivity index (χ3n) is 5.99. The van der Waals surface area contributed by atoms with E-state index >= 15 is 0 Å². The zero-order chi connectivity index (χ0) is 20.7. The van der Waals surface area contributed by atoms with Gasteiger partial charge in [-0.05, 0) is 34.7 Å². The topological polar surface area (TPSA) is 64.2 Å². The van der Waals surface area contributed by atoms with Crippen LogP contribution in [0.4, 0.5) is 0 Å². The Morgan fingerprint density at radius 2 is 1.17 bits per heavy atom. The molecule has 0 aliphatic heterocycles. The molecule has 0 heterocycles. The van der Waals surface area contributed by atoms with Gasteiger partial charge in [-0.1, -0.05) is 97.9 Å². The van der Waals surface area contributed by atoms with Gasteiger partial charge in [0.1, 0.15) is 0 Å². The zero-order valence-corrected chi connectivity index (χ0v) is 17.7. The first-order valence-electron chi connectivity index (χ1n) is 10.0. The van der Waals surface area contributed by atoms with Gasteiger partial charge in [-0.3, -0.25) is 0 Å². The fraction of sp³-hybridized carbons (Fsp3) is 0.208. The Kier molecular flexibility index (Phi) is 6.71. The Labute approximate surface area is 174 Å². The molecule has 2 N–H and O–H groups in total. The molecule has 0 radical (unpaired) electrons. The lowest BCUT2D eigenvalue weighted by molar-refractivity contribution is 0.398. The van der Waals surface area contributed by atoms with Crippen molar-refractivity contribution >= 4 is 30.8 Å². The summed E-state index contributed by atoms with van der Waals surface area (Å²) in [6.45, 7) is 2.05. The van der Waals surface area contributed by atoms with Crippen molar-refractivity contribution in [3.8, 4) is 6.07 Å². The van der Waals surface area contributed by atoms with Crippen molar-refractivity contribution in [2.45, 2.75) is 31.1 Å². The Hall–Kier alpha value is -2.65. The van der Waals surface area contributed by atoms with Crippen molar-refractivity contribution in [2.75, 3.05) is 0 Å². The van der Waals surface area contributed by atoms with Crippen LogP contribution >= 0.6 is 0 Å². The molecule has 3 nitrogen and oxygen atoms in total. The van der Waals surface area contributed by atoms with Crippen LogP contribution in [0.1, 0.15) is 19.8 Å². The van der Waals surface area contributed by atoms with E-state index in [4.69, 9.17) is 0 Å². The van der Waals surface area contributed by atoms with Gasteiger partial charge in [0.25, 0.3) is 0 Å². The Morgan fingerprint density at radius 3 is 1.45 bits per heavy atom. The molecular weight excluding hydrogens is 373 g/mol. The van der Waals surface area contributed by atoms with Crippen LogP contribution in [0.5, 0.6) is 0 Å². The number of hydrogen-bond donors (Lipinski definition) is 2. The molecule has 1 unspecified atom stereocenters. The molecule has 3 aromatic carbocycles. The Bertz CT molecular complexity index is 848. The average molecular weight is 399 g/mol. The highest BCUT2D eigenvalue weighted by molar-refractivity contribution is 7.13.